The molecule has 0 N–H and O–H groups in total. The van der Waals surface area contributed by atoms with Crippen molar-refractivity contribution in [3.05, 3.63) is 64.7 Å². The van der Waals surface area contributed by atoms with E-state index in [0.717, 1.165) is 36.6 Å². The monoisotopic (exact) mass is 351 g/mol. The third-order valence-electron chi connectivity index (χ3n) is 4.61. The average Bonchev–Trinajstić information content (AvgIpc) is 2.66. The number of para-hydroxylation sites is 1. The van der Waals surface area contributed by atoms with Crippen LogP contribution in [0.3, 0.4) is 0 Å². The molecule has 0 atom stereocenters. The summed E-state index contributed by atoms with van der Waals surface area (Å²) in [5.74, 6) is 1.48. The SMILES string of the molecule is CCN(CC)CCOc1ccc(-n2c(C)nc3ccccc3c2=O)cc1. The van der Waals surface area contributed by atoms with Crippen LogP contribution in [0.25, 0.3) is 16.6 Å². The van der Waals surface area contributed by atoms with Gasteiger partial charge in [-0.2, -0.15) is 0 Å². The van der Waals surface area contributed by atoms with Gasteiger partial charge in [-0.05, 0) is 56.4 Å². The lowest BCUT2D eigenvalue weighted by atomic mass is 10.2. The molecule has 5 nitrogen and oxygen atoms in total. The average molecular weight is 351 g/mol. The zero-order chi connectivity index (χ0) is 18.5. The maximum atomic E-state index is 12.8. The van der Waals surface area contributed by atoms with Gasteiger partial charge in [0.1, 0.15) is 18.2 Å². The molecule has 0 saturated heterocycles. The number of aromatic nitrogens is 2. The van der Waals surface area contributed by atoms with E-state index >= 15 is 0 Å². The van der Waals surface area contributed by atoms with E-state index in [4.69, 9.17) is 4.74 Å². The van der Waals surface area contributed by atoms with Gasteiger partial charge in [-0.1, -0.05) is 26.0 Å². The predicted molar refractivity (Wildman–Crippen MR) is 105 cm³/mol. The van der Waals surface area contributed by atoms with Crippen molar-refractivity contribution >= 4 is 10.9 Å². The number of rotatable bonds is 7. The molecule has 136 valence electrons. The van der Waals surface area contributed by atoms with Crippen LogP contribution < -0.4 is 10.3 Å². The predicted octanol–water partition coefficient (Wildman–Crippen LogP) is 3.41. The summed E-state index contributed by atoms with van der Waals surface area (Å²) >= 11 is 0. The molecular formula is C21H25N3O2. The van der Waals surface area contributed by atoms with Crippen LogP contribution >= 0.6 is 0 Å². The summed E-state index contributed by atoms with van der Waals surface area (Å²) in [4.78, 5) is 19.7. The number of benzene rings is 2. The highest BCUT2D eigenvalue weighted by Crippen LogP contribution is 2.17. The number of ether oxygens (including phenoxy) is 1. The Kier molecular flexibility index (Phi) is 5.68. The molecular weight excluding hydrogens is 326 g/mol. The minimum absolute atomic E-state index is 0.0525. The first kappa shape index (κ1) is 18.1. The molecule has 0 saturated carbocycles. The molecule has 26 heavy (non-hydrogen) atoms. The van der Waals surface area contributed by atoms with Crippen molar-refractivity contribution in [1.82, 2.24) is 14.5 Å². The van der Waals surface area contributed by atoms with Crippen molar-refractivity contribution in [1.29, 1.82) is 0 Å². The molecule has 0 radical (unpaired) electrons. The summed E-state index contributed by atoms with van der Waals surface area (Å²) < 4.78 is 7.46. The van der Waals surface area contributed by atoms with E-state index in [0.29, 0.717) is 17.8 Å². The Morgan fingerprint density at radius 1 is 1.04 bits per heavy atom. The number of hydrogen-bond acceptors (Lipinski definition) is 4. The lowest BCUT2D eigenvalue weighted by molar-refractivity contribution is 0.223. The molecule has 0 bridgehead atoms. The smallest absolute Gasteiger partial charge is 0.265 e. The highest BCUT2D eigenvalue weighted by Gasteiger charge is 2.09. The Bertz CT molecular complexity index is 928. The van der Waals surface area contributed by atoms with Gasteiger partial charge >= 0.3 is 0 Å². The van der Waals surface area contributed by atoms with E-state index in [1.54, 1.807) is 4.57 Å². The van der Waals surface area contributed by atoms with E-state index in [1.807, 2.05) is 55.5 Å². The molecule has 2 aromatic carbocycles. The van der Waals surface area contributed by atoms with Gasteiger partial charge in [-0.15, -0.1) is 0 Å². The van der Waals surface area contributed by atoms with Crippen LogP contribution in [0.2, 0.25) is 0 Å². The fourth-order valence-corrected chi connectivity index (χ4v) is 3.07. The highest BCUT2D eigenvalue weighted by atomic mass is 16.5. The van der Waals surface area contributed by atoms with Crippen LogP contribution in [0.1, 0.15) is 19.7 Å². The van der Waals surface area contributed by atoms with Gasteiger partial charge in [0.25, 0.3) is 5.56 Å². The zero-order valence-corrected chi connectivity index (χ0v) is 15.6. The van der Waals surface area contributed by atoms with Crippen molar-refractivity contribution in [3.8, 4) is 11.4 Å². The van der Waals surface area contributed by atoms with Gasteiger partial charge in [0.2, 0.25) is 0 Å². The van der Waals surface area contributed by atoms with E-state index in [-0.39, 0.29) is 5.56 Å². The molecule has 0 amide bonds. The topological polar surface area (TPSA) is 47.4 Å². The first-order chi connectivity index (χ1) is 12.6. The molecule has 0 fully saturated rings. The second-order valence-electron chi connectivity index (χ2n) is 6.19. The Balaban J connectivity index is 1.81. The van der Waals surface area contributed by atoms with Crippen LogP contribution in [-0.4, -0.2) is 40.7 Å². The number of hydrogen-bond donors (Lipinski definition) is 0. The van der Waals surface area contributed by atoms with E-state index < -0.39 is 0 Å². The molecule has 0 aliphatic carbocycles. The van der Waals surface area contributed by atoms with Gasteiger partial charge in [-0.3, -0.25) is 9.36 Å². The first-order valence-corrected chi connectivity index (χ1v) is 9.08. The Hall–Kier alpha value is -2.66. The molecule has 5 heteroatoms. The summed E-state index contributed by atoms with van der Waals surface area (Å²) in [6.45, 7) is 9.75. The summed E-state index contributed by atoms with van der Waals surface area (Å²) in [5.41, 5.74) is 1.47. The highest BCUT2D eigenvalue weighted by molar-refractivity contribution is 5.77. The van der Waals surface area contributed by atoms with Crippen molar-refractivity contribution in [3.63, 3.8) is 0 Å². The van der Waals surface area contributed by atoms with Gasteiger partial charge in [0.15, 0.2) is 0 Å². The molecule has 0 aliphatic rings. The summed E-state index contributed by atoms with van der Waals surface area (Å²) in [7, 11) is 0. The van der Waals surface area contributed by atoms with E-state index in [2.05, 4.69) is 23.7 Å². The Morgan fingerprint density at radius 3 is 2.42 bits per heavy atom. The lowest BCUT2D eigenvalue weighted by Gasteiger charge is -2.18. The van der Waals surface area contributed by atoms with Gasteiger partial charge in [0, 0.05) is 6.54 Å². The van der Waals surface area contributed by atoms with Crippen LogP contribution in [0.5, 0.6) is 5.75 Å². The van der Waals surface area contributed by atoms with E-state index in [9.17, 15) is 4.79 Å². The quantitative estimate of drug-likeness (QED) is 0.654. The molecule has 3 aromatic rings. The number of aryl methyl sites for hydroxylation is 1. The van der Waals surface area contributed by atoms with Crippen molar-refractivity contribution in [2.75, 3.05) is 26.2 Å². The van der Waals surface area contributed by atoms with Gasteiger partial charge < -0.3 is 9.64 Å². The normalized spacial score (nSPS) is 11.2. The minimum Gasteiger partial charge on any atom is -0.492 e. The minimum atomic E-state index is -0.0525. The third-order valence-corrected chi connectivity index (χ3v) is 4.61. The standard InChI is InChI=1S/C21H25N3O2/c1-4-23(5-2)14-15-26-18-12-10-17(11-13-18)24-16(3)22-20-9-7-6-8-19(20)21(24)25/h6-13H,4-5,14-15H2,1-3H3. The summed E-state index contributed by atoms with van der Waals surface area (Å²) in [6, 6.07) is 15.0. The van der Waals surface area contributed by atoms with Crippen LogP contribution in [0.15, 0.2) is 53.3 Å². The van der Waals surface area contributed by atoms with Gasteiger partial charge in [0.05, 0.1) is 16.6 Å². The molecule has 3 rings (SSSR count). The maximum absolute atomic E-state index is 12.8. The number of nitrogens with zero attached hydrogens (tertiary/aromatic N) is 3. The number of fused-ring (bicyclic) bond motifs is 1. The van der Waals surface area contributed by atoms with Gasteiger partial charge in [-0.25, -0.2) is 4.98 Å². The fourth-order valence-electron chi connectivity index (χ4n) is 3.07. The molecule has 1 heterocycles. The second kappa shape index (κ2) is 8.15. The summed E-state index contributed by atoms with van der Waals surface area (Å²) in [5, 5.41) is 0.623. The Morgan fingerprint density at radius 2 is 1.73 bits per heavy atom. The summed E-state index contributed by atoms with van der Waals surface area (Å²) in [6.07, 6.45) is 0. The Labute approximate surface area is 153 Å². The van der Waals surface area contributed by atoms with E-state index in [1.165, 1.54) is 0 Å². The fraction of sp³-hybridized carbons (Fsp3) is 0.333. The van der Waals surface area contributed by atoms with Crippen LogP contribution in [0.4, 0.5) is 0 Å². The van der Waals surface area contributed by atoms with Crippen molar-refractivity contribution in [2.45, 2.75) is 20.8 Å². The number of likely N-dealkylation sites (N-methyl/N-ethyl adjacent to an activating group) is 1. The van der Waals surface area contributed by atoms with Crippen LogP contribution in [0, 0.1) is 6.92 Å². The van der Waals surface area contributed by atoms with Crippen LogP contribution in [-0.2, 0) is 0 Å². The molecule has 0 aliphatic heterocycles. The van der Waals surface area contributed by atoms with Crippen molar-refractivity contribution < 1.29 is 4.74 Å². The third kappa shape index (κ3) is 3.78. The molecule has 0 spiro atoms. The molecule has 1 aromatic heterocycles. The molecule has 0 unspecified atom stereocenters. The second-order valence-corrected chi connectivity index (χ2v) is 6.19. The largest absolute Gasteiger partial charge is 0.492 e. The van der Waals surface area contributed by atoms with Crippen molar-refractivity contribution in [2.24, 2.45) is 0 Å². The maximum Gasteiger partial charge on any atom is 0.265 e. The lowest BCUT2D eigenvalue weighted by Crippen LogP contribution is -2.27. The zero-order valence-electron chi connectivity index (χ0n) is 15.6. The first-order valence-electron chi connectivity index (χ1n) is 9.08.